The van der Waals surface area contributed by atoms with Crippen LogP contribution < -0.4 is 15.8 Å². The molecular formula is C17H27FN2O. The highest BCUT2D eigenvalue weighted by molar-refractivity contribution is 5.69. The van der Waals surface area contributed by atoms with E-state index in [1.54, 1.807) is 6.07 Å². The van der Waals surface area contributed by atoms with Crippen molar-refractivity contribution in [3.8, 4) is 5.75 Å². The van der Waals surface area contributed by atoms with Crippen molar-refractivity contribution in [2.45, 2.75) is 58.9 Å². The van der Waals surface area contributed by atoms with Crippen molar-refractivity contribution < 1.29 is 9.13 Å². The lowest BCUT2D eigenvalue weighted by Gasteiger charge is -2.36. The number of nitrogens with two attached hydrogens (primary N) is 1. The van der Waals surface area contributed by atoms with Crippen LogP contribution in [-0.4, -0.2) is 12.6 Å². The Kier molecular flexibility index (Phi) is 4.96. The predicted molar refractivity (Wildman–Crippen MR) is 86.3 cm³/mol. The van der Waals surface area contributed by atoms with Gasteiger partial charge in [0.1, 0.15) is 0 Å². The number of nitrogen functional groups attached to an aromatic ring is 1. The van der Waals surface area contributed by atoms with Crippen molar-refractivity contribution >= 4 is 11.4 Å². The first-order valence-corrected chi connectivity index (χ1v) is 7.89. The number of nitrogens with one attached hydrogen (secondary N) is 1. The second kappa shape index (κ2) is 6.54. The van der Waals surface area contributed by atoms with Gasteiger partial charge in [-0.2, -0.15) is 0 Å². The van der Waals surface area contributed by atoms with Gasteiger partial charge in [0.25, 0.3) is 0 Å². The Labute approximate surface area is 127 Å². The highest BCUT2D eigenvalue weighted by Gasteiger charge is 2.28. The van der Waals surface area contributed by atoms with Crippen molar-refractivity contribution in [1.29, 1.82) is 0 Å². The molecule has 1 saturated carbocycles. The summed E-state index contributed by atoms with van der Waals surface area (Å²) in [5.74, 6) is -0.112. The zero-order valence-electron chi connectivity index (χ0n) is 13.3. The Hall–Kier alpha value is -1.45. The summed E-state index contributed by atoms with van der Waals surface area (Å²) in [5, 5.41) is 3.48. The molecule has 1 aliphatic rings. The average molecular weight is 294 g/mol. The van der Waals surface area contributed by atoms with E-state index in [1.807, 2.05) is 6.92 Å². The maximum absolute atomic E-state index is 13.8. The van der Waals surface area contributed by atoms with Crippen LogP contribution in [0.5, 0.6) is 5.75 Å². The van der Waals surface area contributed by atoms with E-state index in [4.69, 9.17) is 10.5 Å². The molecule has 0 radical (unpaired) electrons. The Bertz CT molecular complexity index is 488. The Morgan fingerprint density at radius 1 is 1.43 bits per heavy atom. The van der Waals surface area contributed by atoms with E-state index in [2.05, 4.69) is 19.2 Å². The van der Waals surface area contributed by atoms with Crippen LogP contribution >= 0.6 is 0 Å². The number of anilines is 2. The van der Waals surface area contributed by atoms with E-state index in [-0.39, 0.29) is 5.75 Å². The molecule has 0 spiro atoms. The molecule has 118 valence electrons. The molecule has 1 aliphatic carbocycles. The largest absolute Gasteiger partial charge is 0.490 e. The molecule has 1 aromatic rings. The number of benzene rings is 1. The summed E-state index contributed by atoms with van der Waals surface area (Å²) in [6, 6.07) is 3.43. The van der Waals surface area contributed by atoms with Crippen molar-refractivity contribution in [1.82, 2.24) is 0 Å². The van der Waals surface area contributed by atoms with Gasteiger partial charge in [-0.15, -0.1) is 0 Å². The molecule has 21 heavy (non-hydrogen) atoms. The Morgan fingerprint density at radius 3 is 2.86 bits per heavy atom. The SMILES string of the molecule is CCCOc1cc(NC2CCCC(C)(C)C2)c(N)cc1F. The average Bonchev–Trinajstić information content (AvgIpc) is 2.39. The van der Waals surface area contributed by atoms with Crippen LogP contribution in [0.4, 0.5) is 15.8 Å². The second-order valence-corrected chi connectivity index (χ2v) is 6.82. The smallest absolute Gasteiger partial charge is 0.167 e. The molecule has 0 saturated heterocycles. The molecule has 2 rings (SSSR count). The van der Waals surface area contributed by atoms with E-state index in [1.165, 1.54) is 18.9 Å². The van der Waals surface area contributed by atoms with Gasteiger partial charge >= 0.3 is 0 Å². The lowest BCUT2D eigenvalue weighted by atomic mass is 9.75. The molecule has 3 nitrogen and oxygen atoms in total. The maximum Gasteiger partial charge on any atom is 0.167 e. The summed E-state index contributed by atoms with van der Waals surface area (Å²) in [6.45, 7) is 7.10. The fraction of sp³-hybridized carbons (Fsp3) is 0.647. The first-order valence-electron chi connectivity index (χ1n) is 7.89. The van der Waals surface area contributed by atoms with Crippen LogP contribution in [0.15, 0.2) is 12.1 Å². The van der Waals surface area contributed by atoms with E-state index >= 15 is 0 Å². The number of halogens is 1. The van der Waals surface area contributed by atoms with Gasteiger partial charge in [0.15, 0.2) is 11.6 Å². The number of hydrogen-bond acceptors (Lipinski definition) is 3. The van der Waals surface area contributed by atoms with Crippen molar-refractivity contribution in [3.63, 3.8) is 0 Å². The van der Waals surface area contributed by atoms with Gasteiger partial charge in [0.05, 0.1) is 18.0 Å². The van der Waals surface area contributed by atoms with Gasteiger partial charge in [-0.25, -0.2) is 4.39 Å². The lowest BCUT2D eigenvalue weighted by molar-refractivity contribution is 0.229. The monoisotopic (exact) mass is 294 g/mol. The molecule has 1 fully saturated rings. The molecular weight excluding hydrogens is 267 g/mol. The van der Waals surface area contributed by atoms with Crippen LogP contribution in [0.25, 0.3) is 0 Å². The Morgan fingerprint density at radius 2 is 2.19 bits per heavy atom. The van der Waals surface area contributed by atoms with Gasteiger partial charge in [0, 0.05) is 18.2 Å². The fourth-order valence-corrected chi connectivity index (χ4v) is 3.06. The predicted octanol–water partition coefficient (Wildman–Crippen LogP) is 4.58. The molecule has 0 heterocycles. The molecule has 1 unspecified atom stereocenters. The third-order valence-electron chi connectivity index (χ3n) is 4.13. The number of rotatable bonds is 5. The van der Waals surface area contributed by atoms with Crippen LogP contribution in [0, 0.1) is 11.2 Å². The number of ether oxygens (including phenoxy) is 1. The zero-order chi connectivity index (χ0) is 15.5. The quantitative estimate of drug-likeness (QED) is 0.782. The maximum atomic E-state index is 13.8. The summed E-state index contributed by atoms with van der Waals surface area (Å²) in [7, 11) is 0. The minimum Gasteiger partial charge on any atom is -0.490 e. The van der Waals surface area contributed by atoms with E-state index in [0.717, 1.165) is 24.9 Å². The van der Waals surface area contributed by atoms with Gasteiger partial charge in [-0.1, -0.05) is 27.2 Å². The highest BCUT2D eigenvalue weighted by Crippen LogP contribution is 2.37. The summed E-state index contributed by atoms with van der Waals surface area (Å²) in [6.07, 6.45) is 5.56. The molecule has 4 heteroatoms. The topological polar surface area (TPSA) is 47.3 Å². The summed E-state index contributed by atoms with van der Waals surface area (Å²) < 4.78 is 19.3. The molecule has 0 aromatic heterocycles. The summed E-state index contributed by atoms with van der Waals surface area (Å²) in [5.41, 5.74) is 7.53. The second-order valence-electron chi connectivity index (χ2n) is 6.82. The molecule has 0 aliphatic heterocycles. The minimum absolute atomic E-state index is 0.281. The van der Waals surface area contributed by atoms with E-state index in [0.29, 0.717) is 23.8 Å². The van der Waals surface area contributed by atoms with Crippen molar-refractivity contribution in [2.24, 2.45) is 5.41 Å². The molecule has 3 N–H and O–H groups in total. The third-order valence-corrected chi connectivity index (χ3v) is 4.13. The van der Waals surface area contributed by atoms with Crippen LogP contribution in [0.2, 0.25) is 0 Å². The third kappa shape index (κ3) is 4.26. The first kappa shape index (κ1) is 15.9. The zero-order valence-corrected chi connectivity index (χ0v) is 13.3. The van der Waals surface area contributed by atoms with Crippen molar-refractivity contribution in [3.05, 3.63) is 17.9 Å². The van der Waals surface area contributed by atoms with E-state index in [9.17, 15) is 4.39 Å². The summed E-state index contributed by atoms with van der Waals surface area (Å²) >= 11 is 0. The summed E-state index contributed by atoms with van der Waals surface area (Å²) in [4.78, 5) is 0. The lowest BCUT2D eigenvalue weighted by Crippen LogP contribution is -2.32. The van der Waals surface area contributed by atoms with Gasteiger partial charge < -0.3 is 15.8 Å². The van der Waals surface area contributed by atoms with Crippen LogP contribution in [0.1, 0.15) is 52.9 Å². The molecule has 0 amide bonds. The minimum atomic E-state index is -0.393. The molecule has 0 bridgehead atoms. The highest BCUT2D eigenvalue weighted by atomic mass is 19.1. The van der Waals surface area contributed by atoms with Gasteiger partial charge in [0.2, 0.25) is 0 Å². The molecule has 1 aromatic carbocycles. The normalized spacial score (nSPS) is 21.0. The van der Waals surface area contributed by atoms with Crippen molar-refractivity contribution in [2.75, 3.05) is 17.7 Å². The van der Waals surface area contributed by atoms with E-state index < -0.39 is 5.82 Å². The van der Waals surface area contributed by atoms with Gasteiger partial charge in [-0.05, 0) is 31.1 Å². The molecule has 1 atom stereocenters. The van der Waals surface area contributed by atoms with Crippen LogP contribution in [0.3, 0.4) is 0 Å². The number of hydrogen-bond donors (Lipinski definition) is 2. The standard InChI is InChI=1S/C17H27FN2O/c1-4-8-21-16-10-15(14(19)9-13(16)18)20-12-6-5-7-17(2,3)11-12/h9-10,12,20H,4-8,11,19H2,1-3H3. The Balaban J connectivity index is 2.11. The van der Waals surface area contributed by atoms with Crippen LogP contribution in [-0.2, 0) is 0 Å². The van der Waals surface area contributed by atoms with Gasteiger partial charge in [-0.3, -0.25) is 0 Å². The fourth-order valence-electron chi connectivity index (χ4n) is 3.06. The first-order chi connectivity index (χ1) is 9.91.